The average molecular weight is 135 g/mol. The van der Waals surface area contributed by atoms with Crippen molar-refractivity contribution in [3.05, 3.63) is 40.9 Å². The topological polar surface area (TPSA) is 29.4 Å². The van der Waals surface area contributed by atoms with Gasteiger partial charge in [0, 0.05) is 0 Å². The molecule has 1 rings (SSSR count). The highest BCUT2D eigenvalue weighted by Gasteiger charge is 1.90. The second kappa shape index (κ2) is 3.77. The first-order valence-corrected chi connectivity index (χ1v) is 3.25. The van der Waals surface area contributed by atoms with E-state index in [4.69, 9.17) is 0 Å². The Bertz CT molecular complexity index is 201. The molecule has 0 unspecified atom stereocenters. The Hall–Kier alpha value is -1.18. The van der Waals surface area contributed by atoms with Crippen molar-refractivity contribution >= 4 is 0 Å². The fourth-order valence-electron chi connectivity index (χ4n) is 0.804. The number of nitrogens with zero attached hydrogens (tertiary/aromatic N) is 1. The monoisotopic (exact) mass is 135 g/mol. The maximum atomic E-state index is 9.84. The molecule has 0 amide bonds. The van der Waals surface area contributed by atoms with E-state index >= 15 is 0 Å². The molecule has 0 atom stereocenters. The van der Waals surface area contributed by atoms with Crippen molar-refractivity contribution in [2.75, 3.05) is 6.54 Å². The van der Waals surface area contributed by atoms with Gasteiger partial charge in [0.1, 0.15) is 6.54 Å². The molecule has 0 fully saturated rings. The lowest BCUT2D eigenvalue weighted by atomic mass is 10.2. The largest absolute Gasteiger partial charge is 0.150 e. The van der Waals surface area contributed by atoms with Gasteiger partial charge in [-0.1, -0.05) is 35.6 Å². The van der Waals surface area contributed by atoms with Gasteiger partial charge in [0.25, 0.3) is 0 Å². The highest BCUT2D eigenvalue weighted by molar-refractivity contribution is 5.28. The van der Waals surface area contributed by atoms with Crippen LogP contribution >= 0.6 is 0 Å². The zero-order chi connectivity index (χ0) is 7.23. The summed E-state index contributed by atoms with van der Waals surface area (Å²) in [4.78, 5) is 9.84. The van der Waals surface area contributed by atoms with Crippen molar-refractivity contribution in [1.29, 1.82) is 0 Å². The normalized spacial score (nSPS) is 16.2. The van der Waals surface area contributed by atoms with Crippen LogP contribution in [0, 0.1) is 4.91 Å². The van der Waals surface area contributed by atoms with Crippen molar-refractivity contribution in [2.24, 2.45) is 5.18 Å². The molecule has 2 heteroatoms. The molecule has 1 aliphatic rings. The minimum atomic E-state index is 0.279. The second-order valence-electron chi connectivity index (χ2n) is 2.10. The number of hydrogen-bond donors (Lipinski definition) is 0. The first-order chi connectivity index (χ1) is 4.93. The summed E-state index contributed by atoms with van der Waals surface area (Å²) in [6.07, 6.45) is 10.8. The highest BCUT2D eigenvalue weighted by Crippen LogP contribution is 2.03. The Labute approximate surface area is 59.9 Å². The molecular formula is C8H9NO. The molecule has 0 saturated heterocycles. The second-order valence-corrected chi connectivity index (χ2v) is 2.10. The Morgan fingerprint density at radius 3 is 3.20 bits per heavy atom. The first kappa shape index (κ1) is 6.93. The van der Waals surface area contributed by atoms with E-state index in [2.05, 4.69) is 5.18 Å². The molecule has 0 bridgehead atoms. The van der Waals surface area contributed by atoms with Gasteiger partial charge in [0.05, 0.1) is 0 Å². The van der Waals surface area contributed by atoms with Crippen LogP contribution < -0.4 is 0 Å². The van der Waals surface area contributed by atoms with Crippen LogP contribution in [0.25, 0.3) is 0 Å². The van der Waals surface area contributed by atoms with Crippen molar-refractivity contribution in [3.63, 3.8) is 0 Å². The molecule has 0 spiro atoms. The fourth-order valence-corrected chi connectivity index (χ4v) is 0.804. The zero-order valence-electron chi connectivity index (χ0n) is 5.66. The van der Waals surface area contributed by atoms with Crippen molar-refractivity contribution in [2.45, 2.75) is 6.42 Å². The lowest BCUT2D eigenvalue weighted by Crippen LogP contribution is -1.80. The molecule has 0 aromatic carbocycles. The number of hydrogen-bond acceptors (Lipinski definition) is 2. The van der Waals surface area contributed by atoms with Gasteiger partial charge in [-0.15, -0.1) is 0 Å². The van der Waals surface area contributed by atoms with Crippen LogP contribution in [0.5, 0.6) is 0 Å². The summed E-state index contributed by atoms with van der Waals surface area (Å²) in [6.45, 7) is 0.279. The third-order valence-corrected chi connectivity index (χ3v) is 1.30. The van der Waals surface area contributed by atoms with Gasteiger partial charge in [-0.05, 0) is 12.0 Å². The number of allylic oxidation sites excluding steroid dienone is 4. The van der Waals surface area contributed by atoms with Gasteiger partial charge in [0.2, 0.25) is 0 Å². The molecule has 0 N–H and O–H groups in total. The van der Waals surface area contributed by atoms with Gasteiger partial charge >= 0.3 is 0 Å². The molecule has 52 valence electrons. The van der Waals surface area contributed by atoms with Crippen molar-refractivity contribution in [3.8, 4) is 0 Å². The molecule has 0 aromatic rings. The van der Waals surface area contributed by atoms with Crippen LogP contribution in [0.4, 0.5) is 0 Å². The first-order valence-electron chi connectivity index (χ1n) is 3.25. The van der Waals surface area contributed by atoms with Crippen LogP contribution in [0.1, 0.15) is 6.42 Å². The smallest absolute Gasteiger partial charge is 0.106 e. The Morgan fingerprint density at radius 1 is 1.50 bits per heavy atom. The maximum Gasteiger partial charge on any atom is 0.106 e. The van der Waals surface area contributed by atoms with E-state index in [1.54, 1.807) is 0 Å². The van der Waals surface area contributed by atoms with Crippen molar-refractivity contribution < 1.29 is 0 Å². The van der Waals surface area contributed by atoms with E-state index in [-0.39, 0.29) is 6.54 Å². The third-order valence-electron chi connectivity index (χ3n) is 1.30. The summed E-state index contributed by atoms with van der Waals surface area (Å²) >= 11 is 0. The number of rotatable bonds is 2. The van der Waals surface area contributed by atoms with Crippen LogP contribution in [0.2, 0.25) is 0 Å². The summed E-state index contributed by atoms with van der Waals surface area (Å²) in [5.74, 6) is 0. The van der Waals surface area contributed by atoms with E-state index in [0.717, 1.165) is 12.0 Å². The molecular weight excluding hydrogens is 126 g/mol. The van der Waals surface area contributed by atoms with Crippen LogP contribution in [0.15, 0.2) is 41.1 Å². The van der Waals surface area contributed by atoms with E-state index in [0.29, 0.717) is 0 Å². The van der Waals surface area contributed by atoms with Gasteiger partial charge in [-0.25, -0.2) is 0 Å². The molecule has 10 heavy (non-hydrogen) atoms. The minimum Gasteiger partial charge on any atom is -0.150 e. The molecule has 2 nitrogen and oxygen atoms in total. The molecule has 1 aliphatic carbocycles. The average Bonchev–Trinajstić information content (AvgIpc) is 2.17. The minimum absolute atomic E-state index is 0.279. The quantitative estimate of drug-likeness (QED) is 0.533. The van der Waals surface area contributed by atoms with Crippen LogP contribution in [-0.4, -0.2) is 6.54 Å². The van der Waals surface area contributed by atoms with E-state index in [1.807, 2.05) is 30.4 Å². The Kier molecular flexibility index (Phi) is 2.62. The fraction of sp³-hybridized carbons (Fsp3) is 0.250. The van der Waals surface area contributed by atoms with Gasteiger partial charge in [0.15, 0.2) is 0 Å². The SMILES string of the molecule is O=NCC1=CC=CCC=C1. The van der Waals surface area contributed by atoms with Gasteiger partial charge < -0.3 is 0 Å². The van der Waals surface area contributed by atoms with E-state index in [9.17, 15) is 4.91 Å². The summed E-state index contributed by atoms with van der Waals surface area (Å²) in [5.41, 5.74) is 0.976. The summed E-state index contributed by atoms with van der Waals surface area (Å²) in [7, 11) is 0. The number of nitroso groups, excluding NO2 is 1. The lowest BCUT2D eigenvalue weighted by molar-refractivity contribution is 1.16. The summed E-state index contributed by atoms with van der Waals surface area (Å²) in [5, 5.41) is 2.80. The maximum absolute atomic E-state index is 9.84. The highest BCUT2D eigenvalue weighted by atomic mass is 16.3. The molecule has 0 radical (unpaired) electrons. The van der Waals surface area contributed by atoms with Crippen LogP contribution in [0.3, 0.4) is 0 Å². The zero-order valence-corrected chi connectivity index (χ0v) is 5.66. The Balaban J connectivity index is 2.63. The van der Waals surface area contributed by atoms with E-state index < -0.39 is 0 Å². The van der Waals surface area contributed by atoms with Crippen molar-refractivity contribution in [1.82, 2.24) is 0 Å². The summed E-state index contributed by atoms with van der Waals surface area (Å²) in [6, 6.07) is 0. The standard InChI is InChI=1S/C8H9NO/c10-9-7-8-5-3-1-2-4-6-8/h1,3-6H,2,7H2. The van der Waals surface area contributed by atoms with Gasteiger partial charge in [-0.2, -0.15) is 4.91 Å². The van der Waals surface area contributed by atoms with Crippen LogP contribution in [-0.2, 0) is 0 Å². The Morgan fingerprint density at radius 2 is 2.40 bits per heavy atom. The van der Waals surface area contributed by atoms with E-state index in [1.165, 1.54) is 0 Å². The molecule has 0 heterocycles. The third kappa shape index (κ3) is 1.97. The summed E-state index contributed by atoms with van der Waals surface area (Å²) < 4.78 is 0. The lowest BCUT2D eigenvalue weighted by Gasteiger charge is -1.88. The predicted molar refractivity (Wildman–Crippen MR) is 41.6 cm³/mol. The molecule has 0 saturated carbocycles. The molecule has 0 aliphatic heterocycles. The van der Waals surface area contributed by atoms with Gasteiger partial charge in [-0.3, -0.25) is 0 Å². The molecule has 0 aromatic heterocycles. The predicted octanol–water partition coefficient (Wildman–Crippen LogP) is 2.20.